The predicted octanol–water partition coefficient (Wildman–Crippen LogP) is -4.29. The maximum absolute atomic E-state index is 10.5. The van der Waals surface area contributed by atoms with Crippen LogP contribution in [0.4, 0.5) is 0 Å². The molecule has 0 amide bonds. The molecule has 0 aliphatic heterocycles. The predicted molar refractivity (Wildman–Crippen MR) is 38.9 cm³/mol. The molecule has 0 aromatic rings. The monoisotopic (exact) mass is 230 g/mol. The van der Waals surface area contributed by atoms with E-state index >= 15 is 0 Å². The molecule has 2 atom stereocenters. The van der Waals surface area contributed by atoms with Gasteiger partial charge in [-0.2, -0.15) is 0 Å². The summed E-state index contributed by atoms with van der Waals surface area (Å²) in [6.45, 7) is 0. The molecule has 2 N–H and O–H groups in total. The first kappa shape index (κ1) is 13.9. The zero-order chi connectivity index (χ0) is 9.41. The number of aliphatic hydroxyl groups is 2. The Morgan fingerprint density at radius 1 is 1.38 bits per heavy atom. The zero-order valence-corrected chi connectivity index (χ0v) is 10.9. The van der Waals surface area contributed by atoms with E-state index in [0.29, 0.717) is 0 Å². The molecular weight excluding hydrogens is 223 g/mol. The van der Waals surface area contributed by atoms with E-state index in [-0.39, 0.29) is 51.4 Å². The molecule has 5 nitrogen and oxygen atoms in total. The Balaban J connectivity index is 0.00000144. The molecule has 0 saturated heterocycles. The third-order valence-corrected chi connectivity index (χ3v) is 2.74. The standard InChI is InChI=1S/C6H8O5S.K/c7-5-3-1-2-4-6(5,8)12(9,10)11;/h1-5,7-8H,(H,9,10,11);/q;+1/p-1. The Morgan fingerprint density at radius 3 is 2.23 bits per heavy atom. The van der Waals surface area contributed by atoms with Crippen molar-refractivity contribution in [2.45, 2.75) is 11.0 Å². The van der Waals surface area contributed by atoms with Crippen LogP contribution in [0.5, 0.6) is 0 Å². The Bertz CT molecular complexity index is 333. The second-order valence-corrected chi connectivity index (χ2v) is 3.96. The van der Waals surface area contributed by atoms with Gasteiger partial charge in [0.2, 0.25) is 4.93 Å². The van der Waals surface area contributed by atoms with Crippen molar-refractivity contribution < 1.29 is 74.6 Å². The van der Waals surface area contributed by atoms with E-state index in [4.69, 9.17) is 5.11 Å². The van der Waals surface area contributed by atoms with Crippen molar-refractivity contribution >= 4 is 10.1 Å². The summed E-state index contributed by atoms with van der Waals surface area (Å²) in [5.74, 6) is 0. The summed E-state index contributed by atoms with van der Waals surface area (Å²) in [7, 11) is -4.96. The fourth-order valence-electron chi connectivity index (χ4n) is 0.831. The first-order valence-electron chi connectivity index (χ1n) is 3.10. The van der Waals surface area contributed by atoms with Crippen LogP contribution in [0.2, 0.25) is 0 Å². The molecule has 1 rings (SSSR count). The summed E-state index contributed by atoms with van der Waals surface area (Å²) in [6, 6.07) is 0. The number of hydrogen-bond acceptors (Lipinski definition) is 5. The van der Waals surface area contributed by atoms with Gasteiger partial charge in [0.25, 0.3) is 0 Å². The largest absolute Gasteiger partial charge is 1.00 e. The van der Waals surface area contributed by atoms with Crippen molar-refractivity contribution in [1.82, 2.24) is 0 Å². The minimum atomic E-state index is -4.96. The Hall–Kier alpha value is 0.946. The van der Waals surface area contributed by atoms with E-state index in [0.717, 1.165) is 12.2 Å². The average Bonchev–Trinajstić information content (AvgIpc) is 1.93. The smallest absolute Gasteiger partial charge is 0.745 e. The van der Waals surface area contributed by atoms with Crippen LogP contribution in [0.25, 0.3) is 0 Å². The normalized spacial score (nSPS) is 32.7. The summed E-state index contributed by atoms with van der Waals surface area (Å²) < 4.78 is 31.4. The zero-order valence-electron chi connectivity index (χ0n) is 6.91. The van der Waals surface area contributed by atoms with E-state index in [1.165, 1.54) is 12.2 Å². The van der Waals surface area contributed by atoms with Crippen molar-refractivity contribution in [3.05, 3.63) is 24.3 Å². The number of aliphatic hydroxyl groups excluding tert-OH is 1. The van der Waals surface area contributed by atoms with Gasteiger partial charge in [-0.1, -0.05) is 18.2 Å². The van der Waals surface area contributed by atoms with E-state index < -0.39 is 21.2 Å². The molecule has 1 aliphatic carbocycles. The molecule has 0 radical (unpaired) electrons. The molecule has 0 spiro atoms. The fourth-order valence-corrected chi connectivity index (χ4v) is 1.45. The summed E-state index contributed by atoms with van der Waals surface area (Å²) in [5.41, 5.74) is 0. The van der Waals surface area contributed by atoms with E-state index in [1.54, 1.807) is 0 Å². The number of rotatable bonds is 1. The second kappa shape index (κ2) is 4.64. The van der Waals surface area contributed by atoms with Crippen LogP contribution >= 0.6 is 0 Å². The van der Waals surface area contributed by atoms with Gasteiger partial charge < -0.3 is 14.8 Å². The van der Waals surface area contributed by atoms with Gasteiger partial charge >= 0.3 is 51.4 Å². The topological polar surface area (TPSA) is 97.7 Å². The van der Waals surface area contributed by atoms with Crippen LogP contribution in [-0.4, -0.2) is 34.2 Å². The molecule has 0 saturated carbocycles. The molecule has 0 heterocycles. The Labute approximate surface area is 118 Å². The minimum absolute atomic E-state index is 0. The molecule has 1 aliphatic rings. The molecular formula is C6H7KO5S. The molecule has 13 heavy (non-hydrogen) atoms. The van der Waals surface area contributed by atoms with E-state index in [1.807, 2.05) is 0 Å². The molecule has 0 aromatic heterocycles. The SMILES string of the molecule is O=S(=O)([O-])C1(O)C=CC=CC1O.[K+]. The van der Waals surface area contributed by atoms with Crippen LogP contribution in [0.3, 0.4) is 0 Å². The van der Waals surface area contributed by atoms with Crippen LogP contribution in [0.1, 0.15) is 0 Å². The Kier molecular flexibility index (Phi) is 4.98. The number of allylic oxidation sites excluding steroid dienone is 2. The average molecular weight is 230 g/mol. The quantitative estimate of drug-likeness (QED) is 0.351. The maximum Gasteiger partial charge on any atom is 1.00 e. The van der Waals surface area contributed by atoms with Crippen LogP contribution in [0, 0.1) is 0 Å². The van der Waals surface area contributed by atoms with Crippen molar-refractivity contribution in [3.8, 4) is 0 Å². The molecule has 0 fully saturated rings. The van der Waals surface area contributed by atoms with Crippen molar-refractivity contribution in [2.75, 3.05) is 0 Å². The first-order valence-corrected chi connectivity index (χ1v) is 4.50. The van der Waals surface area contributed by atoms with Crippen LogP contribution in [-0.2, 0) is 10.1 Å². The molecule has 68 valence electrons. The van der Waals surface area contributed by atoms with Gasteiger partial charge in [-0.05, 0) is 6.08 Å². The van der Waals surface area contributed by atoms with Gasteiger partial charge in [-0.25, -0.2) is 8.42 Å². The van der Waals surface area contributed by atoms with Gasteiger partial charge in [0.05, 0.1) is 0 Å². The fraction of sp³-hybridized carbons (Fsp3) is 0.333. The summed E-state index contributed by atoms with van der Waals surface area (Å²) in [5, 5.41) is 18.2. The summed E-state index contributed by atoms with van der Waals surface area (Å²) >= 11 is 0. The molecule has 7 heteroatoms. The maximum atomic E-state index is 10.5. The third-order valence-electron chi connectivity index (χ3n) is 1.56. The molecule has 0 aromatic carbocycles. The van der Waals surface area contributed by atoms with E-state index in [9.17, 15) is 18.1 Å². The minimum Gasteiger partial charge on any atom is -0.745 e. The van der Waals surface area contributed by atoms with Crippen molar-refractivity contribution in [2.24, 2.45) is 0 Å². The number of hydrogen-bond donors (Lipinski definition) is 2. The first-order chi connectivity index (χ1) is 5.38. The van der Waals surface area contributed by atoms with Crippen LogP contribution < -0.4 is 51.4 Å². The Morgan fingerprint density at radius 2 is 1.92 bits per heavy atom. The summed E-state index contributed by atoms with van der Waals surface area (Å²) in [4.78, 5) is -2.72. The third kappa shape index (κ3) is 2.71. The van der Waals surface area contributed by atoms with Gasteiger partial charge in [0.15, 0.2) is 0 Å². The van der Waals surface area contributed by atoms with Gasteiger partial charge in [-0.3, -0.25) is 0 Å². The molecule has 2 unspecified atom stereocenters. The van der Waals surface area contributed by atoms with E-state index in [2.05, 4.69) is 0 Å². The van der Waals surface area contributed by atoms with Crippen molar-refractivity contribution in [3.63, 3.8) is 0 Å². The summed E-state index contributed by atoms with van der Waals surface area (Å²) in [6.07, 6.45) is 2.59. The van der Waals surface area contributed by atoms with Gasteiger partial charge in [-0.15, -0.1) is 0 Å². The molecule has 0 bridgehead atoms. The van der Waals surface area contributed by atoms with Gasteiger partial charge in [0.1, 0.15) is 16.2 Å². The van der Waals surface area contributed by atoms with Crippen LogP contribution in [0.15, 0.2) is 24.3 Å². The van der Waals surface area contributed by atoms with Gasteiger partial charge in [0, 0.05) is 0 Å². The second-order valence-electron chi connectivity index (χ2n) is 2.39. The van der Waals surface area contributed by atoms with Crippen molar-refractivity contribution in [1.29, 1.82) is 0 Å².